The number of hydrogen-bond acceptors (Lipinski definition) is 2. The van der Waals surface area contributed by atoms with Crippen LogP contribution in [0, 0.1) is 0 Å². The molecule has 0 saturated heterocycles. The minimum absolute atomic E-state index is 0.306. The van der Waals surface area contributed by atoms with E-state index in [-0.39, 0.29) is 0 Å². The van der Waals surface area contributed by atoms with Crippen molar-refractivity contribution in [1.29, 1.82) is 0 Å². The maximum atomic E-state index is 10.3. The van der Waals surface area contributed by atoms with Crippen molar-refractivity contribution in [1.82, 2.24) is 0 Å². The van der Waals surface area contributed by atoms with Crippen LogP contribution in [0.4, 0.5) is 0 Å². The maximum absolute atomic E-state index is 10.3. The number of unbranched alkanes of at least 4 members (excludes halogenated alkanes) is 9. The summed E-state index contributed by atoms with van der Waals surface area (Å²) in [7, 11) is 0. The SMILES string of the molecule is O=C(O)CCCCCC=CCCCCCCCCO. The molecule has 0 unspecified atom stereocenters. The first kappa shape index (κ1) is 18.2. The third-order valence-electron chi connectivity index (χ3n) is 3.21. The van der Waals surface area contributed by atoms with Gasteiger partial charge in [0.2, 0.25) is 0 Å². The van der Waals surface area contributed by atoms with Gasteiger partial charge in [-0.2, -0.15) is 0 Å². The van der Waals surface area contributed by atoms with Gasteiger partial charge < -0.3 is 10.2 Å². The van der Waals surface area contributed by atoms with Crippen LogP contribution >= 0.6 is 0 Å². The maximum Gasteiger partial charge on any atom is 0.303 e. The normalized spacial score (nSPS) is 11.2. The zero-order chi connectivity index (χ0) is 14.2. The third kappa shape index (κ3) is 17.2. The van der Waals surface area contributed by atoms with Crippen molar-refractivity contribution in [3.05, 3.63) is 12.2 Å². The standard InChI is InChI=1S/C16H30O3/c17-15-13-11-9-7-5-3-1-2-4-6-8-10-12-14-16(18)19/h2,4,17H,1,3,5-15H2,(H,18,19). The van der Waals surface area contributed by atoms with Crippen LogP contribution < -0.4 is 0 Å². The van der Waals surface area contributed by atoms with Crippen molar-refractivity contribution in [3.8, 4) is 0 Å². The molecule has 0 fully saturated rings. The summed E-state index contributed by atoms with van der Waals surface area (Å²) in [5.41, 5.74) is 0. The van der Waals surface area contributed by atoms with Crippen molar-refractivity contribution in [2.75, 3.05) is 6.61 Å². The zero-order valence-electron chi connectivity index (χ0n) is 12.1. The number of hydrogen-bond donors (Lipinski definition) is 2. The fraction of sp³-hybridized carbons (Fsp3) is 0.812. The zero-order valence-corrected chi connectivity index (χ0v) is 12.1. The van der Waals surface area contributed by atoms with E-state index >= 15 is 0 Å². The first-order valence-electron chi connectivity index (χ1n) is 7.75. The molecule has 2 N–H and O–H groups in total. The number of aliphatic hydroxyl groups is 1. The van der Waals surface area contributed by atoms with Crippen molar-refractivity contribution in [3.63, 3.8) is 0 Å². The molecule has 112 valence electrons. The predicted octanol–water partition coefficient (Wildman–Crippen LogP) is 4.30. The number of carboxylic acids is 1. The minimum Gasteiger partial charge on any atom is -0.481 e. The van der Waals surface area contributed by atoms with Crippen LogP contribution in [0.2, 0.25) is 0 Å². The highest BCUT2D eigenvalue weighted by atomic mass is 16.4. The smallest absolute Gasteiger partial charge is 0.303 e. The largest absolute Gasteiger partial charge is 0.481 e. The second-order valence-electron chi connectivity index (χ2n) is 5.10. The molecule has 3 heteroatoms. The Balaban J connectivity index is 3.07. The Bertz CT molecular complexity index is 224. The van der Waals surface area contributed by atoms with Gasteiger partial charge in [0.25, 0.3) is 0 Å². The fourth-order valence-electron chi connectivity index (χ4n) is 2.03. The molecule has 0 heterocycles. The molecule has 0 radical (unpaired) electrons. The van der Waals surface area contributed by atoms with Gasteiger partial charge in [-0.1, -0.05) is 44.3 Å². The molecule has 0 aromatic heterocycles. The summed E-state index contributed by atoms with van der Waals surface area (Å²) >= 11 is 0. The Hall–Kier alpha value is -0.830. The summed E-state index contributed by atoms with van der Waals surface area (Å²) in [6.07, 6.45) is 17.1. The van der Waals surface area contributed by atoms with Crippen LogP contribution in [0.3, 0.4) is 0 Å². The van der Waals surface area contributed by atoms with Crippen molar-refractivity contribution >= 4 is 5.97 Å². The van der Waals surface area contributed by atoms with E-state index in [1.807, 2.05) is 0 Å². The second-order valence-corrected chi connectivity index (χ2v) is 5.10. The van der Waals surface area contributed by atoms with Crippen LogP contribution in [0.1, 0.15) is 77.0 Å². The molecule has 0 aliphatic heterocycles. The molecule has 0 atom stereocenters. The molecule has 0 spiro atoms. The van der Waals surface area contributed by atoms with Gasteiger partial charge in [0, 0.05) is 13.0 Å². The summed E-state index contributed by atoms with van der Waals surface area (Å²) in [5.74, 6) is -0.686. The summed E-state index contributed by atoms with van der Waals surface area (Å²) in [6.45, 7) is 0.329. The van der Waals surface area contributed by atoms with Gasteiger partial charge in [0.15, 0.2) is 0 Å². The van der Waals surface area contributed by atoms with E-state index in [1.165, 1.54) is 25.7 Å². The van der Waals surface area contributed by atoms with Crippen LogP contribution in [0.15, 0.2) is 12.2 Å². The van der Waals surface area contributed by atoms with Gasteiger partial charge in [-0.05, 0) is 38.5 Å². The Morgan fingerprint density at radius 1 is 0.737 bits per heavy atom. The average Bonchev–Trinajstić information content (AvgIpc) is 2.39. The number of aliphatic hydroxyl groups excluding tert-OH is 1. The van der Waals surface area contributed by atoms with Gasteiger partial charge in [-0.25, -0.2) is 0 Å². The molecular weight excluding hydrogens is 240 g/mol. The van der Waals surface area contributed by atoms with Crippen LogP contribution in [0.5, 0.6) is 0 Å². The van der Waals surface area contributed by atoms with E-state index in [0.29, 0.717) is 13.0 Å². The molecule has 19 heavy (non-hydrogen) atoms. The number of allylic oxidation sites excluding steroid dienone is 2. The summed E-state index contributed by atoms with van der Waals surface area (Å²) in [4.78, 5) is 10.3. The topological polar surface area (TPSA) is 57.5 Å². The lowest BCUT2D eigenvalue weighted by Gasteiger charge is -1.99. The van der Waals surface area contributed by atoms with Gasteiger partial charge in [0.1, 0.15) is 0 Å². The lowest BCUT2D eigenvalue weighted by molar-refractivity contribution is -0.137. The number of carboxylic acid groups (broad SMARTS) is 1. The Morgan fingerprint density at radius 3 is 1.74 bits per heavy atom. The lowest BCUT2D eigenvalue weighted by atomic mass is 10.1. The summed E-state index contributed by atoms with van der Waals surface area (Å²) < 4.78 is 0. The number of aliphatic carboxylic acids is 1. The third-order valence-corrected chi connectivity index (χ3v) is 3.21. The first-order chi connectivity index (χ1) is 9.27. The highest BCUT2D eigenvalue weighted by molar-refractivity contribution is 5.66. The monoisotopic (exact) mass is 270 g/mol. The van der Waals surface area contributed by atoms with Crippen LogP contribution in [-0.4, -0.2) is 22.8 Å². The van der Waals surface area contributed by atoms with Crippen molar-refractivity contribution in [2.24, 2.45) is 0 Å². The van der Waals surface area contributed by atoms with Crippen LogP contribution in [-0.2, 0) is 4.79 Å². The minimum atomic E-state index is -0.686. The van der Waals surface area contributed by atoms with Crippen molar-refractivity contribution in [2.45, 2.75) is 77.0 Å². The van der Waals surface area contributed by atoms with Gasteiger partial charge in [-0.15, -0.1) is 0 Å². The van der Waals surface area contributed by atoms with E-state index in [1.54, 1.807) is 0 Å². The summed E-state index contributed by atoms with van der Waals surface area (Å²) in [6, 6.07) is 0. The molecule has 0 aliphatic carbocycles. The second kappa shape index (κ2) is 15.2. The molecule has 0 amide bonds. The molecule has 0 aromatic carbocycles. The highest BCUT2D eigenvalue weighted by Gasteiger charge is 1.95. The van der Waals surface area contributed by atoms with Gasteiger partial charge in [0.05, 0.1) is 0 Å². The number of rotatable bonds is 14. The molecule has 0 aliphatic rings. The van der Waals surface area contributed by atoms with E-state index in [0.717, 1.165) is 44.9 Å². The Morgan fingerprint density at radius 2 is 1.21 bits per heavy atom. The molecule has 3 nitrogen and oxygen atoms in total. The number of carbonyl (C=O) groups is 1. The van der Waals surface area contributed by atoms with E-state index < -0.39 is 5.97 Å². The molecule has 0 bridgehead atoms. The molecule has 0 rings (SSSR count). The molecular formula is C16H30O3. The first-order valence-corrected chi connectivity index (χ1v) is 7.75. The fourth-order valence-corrected chi connectivity index (χ4v) is 2.03. The van der Waals surface area contributed by atoms with E-state index in [9.17, 15) is 4.79 Å². The van der Waals surface area contributed by atoms with Crippen molar-refractivity contribution < 1.29 is 15.0 Å². The highest BCUT2D eigenvalue weighted by Crippen LogP contribution is 2.08. The average molecular weight is 270 g/mol. The van der Waals surface area contributed by atoms with Gasteiger partial charge >= 0.3 is 5.97 Å². The van der Waals surface area contributed by atoms with E-state index in [2.05, 4.69) is 12.2 Å². The molecule has 0 aromatic rings. The Kier molecular flexibility index (Phi) is 14.6. The van der Waals surface area contributed by atoms with E-state index in [4.69, 9.17) is 10.2 Å². The quantitative estimate of drug-likeness (QED) is 0.365. The van der Waals surface area contributed by atoms with Crippen LogP contribution in [0.25, 0.3) is 0 Å². The lowest BCUT2D eigenvalue weighted by Crippen LogP contribution is -1.93. The molecule has 0 saturated carbocycles. The predicted molar refractivity (Wildman–Crippen MR) is 79.3 cm³/mol. The Labute approximate surface area is 117 Å². The van der Waals surface area contributed by atoms with Gasteiger partial charge in [-0.3, -0.25) is 4.79 Å². The summed E-state index contributed by atoms with van der Waals surface area (Å²) in [5, 5.41) is 17.1.